The first-order valence-electron chi connectivity index (χ1n) is 5.86. The summed E-state index contributed by atoms with van der Waals surface area (Å²) in [6, 6.07) is 4.80. The van der Waals surface area contributed by atoms with Gasteiger partial charge in [-0.2, -0.15) is 12.6 Å². The highest BCUT2D eigenvalue weighted by molar-refractivity contribution is 7.80. The number of nitrogens with zero attached hydrogens (tertiary/aromatic N) is 1. The minimum absolute atomic E-state index is 0.0218. The molecule has 0 N–H and O–H groups in total. The highest BCUT2D eigenvalue weighted by atomic mass is 35.5. The van der Waals surface area contributed by atoms with Crippen LogP contribution in [0.25, 0.3) is 0 Å². The van der Waals surface area contributed by atoms with Crippen LogP contribution in [-0.4, -0.2) is 31.3 Å². The van der Waals surface area contributed by atoms with Crippen LogP contribution in [-0.2, 0) is 9.53 Å². The van der Waals surface area contributed by atoms with Crippen molar-refractivity contribution < 1.29 is 14.3 Å². The normalized spacial score (nSPS) is 18.8. The van der Waals surface area contributed by atoms with E-state index in [0.717, 1.165) is 0 Å². The Hall–Kier alpha value is -1.20. The zero-order valence-electron chi connectivity index (χ0n) is 10.4. The summed E-state index contributed by atoms with van der Waals surface area (Å²) < 4.78 is 4.73. The molecule has 1 heterocycles. The highest BCUT2D eigenvalue weighted by Gasteiger charge is 2.32. The second-order valence-electron chi connectivity index (χ2n) is 4.41. The number of esters is 1. The monoisotopic (exact) mass is 299 g/mol. The molecule has 0 bridgehead atoms. The summed E-state index contributed by atoms with van der Waals surface area (Å²) in [4.78, 5) is 25.3. The van der Waals surface area contributed by atoms with Gasteiger partial charge in [-0.25, -0.2) is 4.79 Å². The highest BCUT2D eigenvalue weighted by Crippen LogP contribution is 2.31. The lowest BCUT2D eigenvalue weighted by Gasteiger charge is -2.19. The summed E-state index contributed by atoms with van der Waals surface area (Å²) in [5.74, 6) is 0.330. The first-order valence-corrected chi connectivity index (χ1v) is 6.87. The number of thiol groups is 1. The van der Waals surface area contributed by atoms with Crippen molar-refractivity contribution in [3.05, 3.63) is 28.8 Å². The van der Waals surface area contributed by atoms with Gasteiger partial charge in [-0.1, -0.05) is 11.6 Å². The molecule has 1 amide bonds. The second-order valence-corrected chi connectivity index (χ2v) is 5.21. The molecule has 19 heavy (non-hydrogen) atoms. The van der Waals surface area contributed by atoms with E-state index in [1.165, 1.54) is 7.11 Å². The maximum atomic E-state index is 12.0. The Morgan fingerprint density at radius 3 is 2.89 bits per heavy atom. The number of ether oxygens (including phenoxy) is 1. The summed E-state index contributed by atoms with van der Waals surface area (Å²) >= 11 is 10.2. The predicted octanol–water partition coefficient (Wildman–Crippen LogP) is 2.41. The van der Waals surface area contributed by atoms with Crippen LogP contribution in [0.4, 0.5) is 5.69 Å². The first kappa shape index (κ1) is 14.2. The number of carbonyl (C=O) groups excluding carboxylic acids is 2. The van der Waals surface area contributed by atoms with E-state index in [4.69, 9.17) is 16.3 Å². The van der Waals surface area contributed by atoms with Crippen LogP contribution >= 0.6 is 24.2 Å². The molecule has 102 valence electrons. The van der Waals surface area contributed by atoms with Crippen molar-refractivity contribution in [2.75, 3.05) is 24.3 Å². The number of amides is 1. The molecule has 0 radical (unpaired) electrons. The number of anilines is 1. The Balaban J connectivity index is 2.41. The van der Waals surface area contributed by atoms with Crippen molar-refractivity contribution in [1.29, 1.82) is 0 Å². The SMILES string of the molecule is COC(=O)c1ccc(Cl)cc1N1CC(CS)CC1=O. The van der Waals surface area contributed by atoms with Gasteiger partial charge in [-0.05, 0) is 29.9 Å². The number of rotatable bonds is 3. The quantitative estimate of drug-likeness (QED) is 0.689. The lowest BCUT2D eigenvalue weighted by atomic mass is 10.1. The standard InChI is InChI=1S/C13H14ClNO3S/c1-18-13(17)10-3-2-9(14)5-11(10)15-6-8(7-19)4-12(15)16/h2-3,5,8,19H,4,6-7H2,1H3. The number of benzene rings is 1. The van der Waals surface area contributed by atoms with E-state index in [-0.39, 0.29) is 11.8 Å². The molecule has 0 aliphatic carbocycles. The first-order chi connectivity index (χ1) is 9.06. The molecule has 1 aliphatic heterocycles. The topological polar surface area (TPSA) is 46.6 Å². The minimum Gasteiger partial charge on any atom is -0.465 e. The fourth-order valence-electron chi connectivity index (χ4n) is 2.15. The van der Waals surface area contributed by atoms with E-state index >= 15 is 0 Å². The molecule has 0 saturated carbocycles. The van der Waals surface area contributed by atoms with Gasteiger partial charge in [0.2, 0.25) is 5.91 Å². The second kappa shape index (κ2) is 5.84. The van der Waals surface area contributed by atoms with Crippen molar-refractivity contribution in [2.24, 2.45) is 5.92 Å². The number of halogens is 1. The van der Waals surface area contributed by atoms with Gasteiger partial charge in [0.05, 0.1) is 18.4 Å². The predicted molar refractivity (Wildman–Crippen MR) is 77.1 cm³/mol. The molecule has 6 heteroatoms. The van der Waals surface area contributed by atoms with Crippen LogP contribution in [0.5, 0.6) is 0 Å². The van der Waals surface area contributed by atoms with E-state index in [1.54, 1.807) is 23.1 Å². The number of hydrogen-bond donors (Lipinski definition) is 1. The van der Waals surface area contributed by atoms with E-state index < -0.39 is 5.97 Å². The zero-order valence-corrected chi connectivity index (χ0v) is 12.1. The third-order valence-corrected chi connectivity index (χ3v) is 3.87. The smallest absolute Gasteiger partial charge is 0.339 e. The molecule has 1 unspecified atom stereocenters. The van der Waals surface area contributed by atoms with Crippen molar-refractivity contribution in [3.8, 4) is 0 Å². The van der Waals surface area contributed by atoms with Gasteiger partial charge in [-0.3, -0.25) is 4.79 Å². The Morgan fingerprint density at radius 2 is 2.32 bits per heavy atom. The third kappa shape index (κ3) is 2.87. The van der Waals surface area contributed by atoms with E-state index in [2.05, 4.69) is 12.6 Å². The van der Waals surface area contributed by atoms with Crippen LogP contribution in [0, 0.1) is 5.92 Å². The fourth-order valence-corrected chi connectivity index (χ4v) is 2.56. The molecule has 1 saturated heterocycles. The van der Waals surface area contributed by atoms with E-state index in [9.17, 15) is 9.59 Å². The lowest BCUT2D eigenvalue weighted by Crippen LogP contribution is -2.27. The van der Waals surface area contributed by atoms with Gasteiger partial charge in [0.15, 0.2) is 0 Å². The largest absolute Gasteiger partial charge is 0.465 e. The summed E-state index contributed by atoms with van der Waals surface area (Å²) in [5, 5.41) is 0.477. The summed E-state index contributed by atoms with van der Waals surface area (Å²) in [7, 11) is 1.31. The number of hydrogen-bond acceptors (Lipinski definition) is 4. The van der Waals surface area contributed by atoms with Crippen LogP contribution < -0.4 is 4.90 Å². The van der Waals surface area contributed by atoms with E-state index in [0.29, 0.717) is 35.0 Å². The molecule has 0 aromatic heterocycles. The molecule has 1 atom stereocenters. The van der Waals surface area contributed by atoms with Crippen LogP contribution in [0.15, 0.2) is 18.2 Å². The lowest BCUT2D eigenvalue weighted by molar-refractivity contribution is -0.117. The molecule has 1 aliphatic rings. The van der Waals surface area contributed by atoms with Gasteiger partial charge in [-0.15, -0.1) is 0 Å². The fraction of sp³-hybridized carbons (Fsp3) is 0.385. The van der Waals surface area contributed by atoms with Crippen molar-refractivity contribution >= 4 is 41.8 Å². The average molecular weight is 300 g/mol. The van der Waals surface area contributed by atoms with Gasteiger partial charge in [0.1, 0.15) is 0 Å². The Morgan fingerprint density at radius 1 is 1.58 bits per heavy atom. The Bertz CT molecular complexity index is 521. The van der Waals surface area contributed by atoms with Crippen molar-refractivity contribution in [3.63, 3.8) is 0 Å². The van der Waals surface area contributed by atoms with Crippen LogP contribution in [0.3, 0.4) is 0 Å². The van der Waals surface area contributed by atoms with Crippen molar-refractivity contribution in [1.82, 2.24) is 0 Å². The Labute approximate surface area is 122 Å². The van der Waals surface area contributed by atoms with Crippen LogP contribution in [0.2, 0.25) is 5.02 Å². The number of methoxy groups -OCH3 is 1. The van der Waals surface area contributed by atoms with Gasteiger partial charge in [0, 0.05) is 18.0 Å². The zero-order chi connectivity index (χ0) is 14.0. The maximum Gasteiger partial charge on any atom is 0.339 e. The van der Waals surface area contributed by atoms with Gasteiger partial charge >= 0.3 is 5.97 Å². The number of carbonyl (C=O) groups is 2. The molecule has 1 aromatic rings. The summed E-state index contributed by atoms with van der Waals surface area (Å²) in [6.45, 7) is 0.548. The van der Waals surface area contributed by atoms with Gasteiger partial charge < -0.3 is 9.64 Å². The molecule has 2 rings (SSSR count). The Kier molecular flexibility index (Phi) is 4.37. The van der Waals surface area contributed by atoms with Gasteiger partial charge in [0.25, 0.3) is 0 Å². The van der Waals surface area contributed by atoms with Crippen molar-refractivity contribution in [2.45, 2.75) is 6.42 Å². The molecular weight excluding hydrogens is 286 g/mol. The molecule has 0 spiro atoms. The summed E-state index contributed by atoms with van der Waals surface area (Å²) in [5.41, 5.74) is 0.855. The van der Waals surface area contributed by atoms with Crippen LogP contribution in [0.1, 0.15) is 16.8 Å². The molecule has 1 fully saturated rings. The minimum atomic E-state index is -0.478. The third-order valence-electron chi connectivity index (χ3n) is 3.12. The van der Waals surface area contributed by atoms with E-state index in [1.807, 2.05) is 0 Å². The average Bonchev–Trinajstić information content (AvgIpc) is 2.79. The molecular formula is C13H14ClNO3S. The summed E-state index contributed by atoms with van der Waals surface area (Å²) in [6.07, 6.45) is 0.441. The molecule has 4 nitrogen and oxygen atoms in total. The maximum absolute atomic E-state index is 12.0. The molecule has 1 aromatic carbocycles.